The van der Waals surface area contributed by atoms with Crippen molar-refractivity contribution in [3.63, 3.8) is 0 Å². The number of fused-ring (bicyclic) bond motifs is 1. The van der Waals surface area contributed by atoms with Crippen molar-refractivity contribution in [2.24, 2.45) is 0 Å². The fourth-order valence-electron chi connectivity index (χ4n) is 2.70. The van der Waals surface area contributed by atoms with Gasteiger partial charge in [-0.05, 0) is 12.1 Å². The highest BCUT2D eigenvalue weighted by molar-refractivity contribution is 5.96. The minimum absolute atomic E-state index is 0.0781. The van der Waals surface area contributed by atoms with E-state index in [4.69, 9.17) is 9.52 Å². The monoisotopic (exact) mass is 302 g/mol. The van der Waals surface area contributed by atoms with Crippen molar-refractivity contribution in [2.45, 2.75) is 0 Å². The summed E-state index contributed by atoms with van der Waals surface area (Å²) in [4.78, 5) is 28.3. The Morgan fingerprint density at radius 1 is 1.18 bits per heavy atom. The Morgan fingerprint density at radius 2 is 1.91 bits per heavy atom. The summed E-state index contributed by atoms with van der Waals surface area (Å²) in [5.41, 5.74) is -0.0346. The van der Waals surface area contributed by atoms with Crippen molar-refractivity contribution >= 4 is 16.9 Å². The molecule has 0 unspecified atom stereocenters. The molecule has 6 heteroatoms. The van der Waals surface area contributed by atoms with Gasteiger partial charge in [0, 0.05) is 38.1 Å². The van der Waals surface area contributed by atoms with Crippen LogP contribution in [0.2, 0.25) is 0 Å². The van der Waals surface area contributed by atoms with Crippen LogP contribution in [0.15, 0.2) is 39.5 Å². The molecule has 3 rings (SSSR count). The van der Waals surface area contributed by atoms with E-state index in [0.717, 1.165) is 5.39 Å². The summed E-state index contributed by atoms with van der Waals surface area (Å²) in [6.45, 7) is 3.22. The van der Waals surface area contributed by atoms with Gasteiger partial charge in [-0.3, -0.25) is 9.69 Å². The summed E-state index contributed by atoms with van der Waals surface area (Å²) in [6, 6.07) is 8.74. The minimum Gasteiger partial charge on any atom is -0.422 e. The molecule has 1 saturated heterocycles. The molecule has 1 aromatic heterocycles. The van der Waals surface area contributed by atoms with Gasteiger partial charge in [0.2, 0.25) is 0 Å². The summed E-state index contributed by atoms with van der Waals surface area (Å²) in [5, 5.41) is 9.67. The fourth-order valence-corrected chi connectivity index (χ4v) is 2.70. The number of amides is 1. The Bertz CT molecular complexity index is 732. The van der Waals surface area contributed by atoms with Crippen LogP contribution in [-0.4, -0.2) is 60.1 Å². The van der Waals surface area contributed by atoms with E-state index in [2.05, 4.69) is 4.90 Å². The maximum absolute atomic E-state index is 12.5. The van der Waals surface area contributed by atoms with E-state index in [-0.39, 0.29) is 18.1 Å². The Morgan fingerprint density at radius 3 is 2.64 bits per heavy atom. The molecule has 116 valence electrons. The Hall–Kier alpha value is -2.18. The molecule has 1 aliphatic heterocycles. The zero-order valence-corrected chi connectivity index (χ0v) is 12.2. The molecule has 1 fully saturated rings. The van der Waals surface area contributed by atoms with Crippen molar-refractivity contribution in [3.05, 3.63) is 46.3 Å². The first-order chi connectivity index (χ1) is 10.7. The predicted molar refractivity (Wildman–Crippen MR) is 81.9 cm³/mol. The van der Waals surface area contributed by atoms with Gasteiger partial charge in [0.25, 0.3) is 5.91 Å². The lowest BCUT2D eigenvalue weighted by Gasteiger charge is -2.34. The van der Waals surface area contributed by atoms with Gasteiger partial charge in [0.05, 0.1) is 6.61 Å². The molecular formula is C16H18N2O4. The van der Waals surface area contributed by atoms with Crippen molar-refractivity contribution in [1.29, 1.82) is 0 Å². The summed E-state index contributed by atoms with van der Waals surface area (Å²) in [7, 11) is 0. The lowest BCUT2D eigenvalue weighted by molar-refractivity contribution is 0.0611. The number of piperazine rings is 1. The van der Waals surface area contributed by atoms with Gasteiger partial charge >= 0.3 is 5.63 Å². The number of β-amino-alcohol motifs (C(OH)–C–C–N with tert-alkyl or cyclic N) is 1. The number of benzene rings is 1. The molecule has 6 nitrogen and oxygen atoms in total. The van der Waals surface area contributed by atoms with Crippen LogP contribution in [-0.2, 0) is 0 Å². The number of aliphatic hydroxyl groups excluding tert-OH is 1. The van der Waals surface area contributed by atoms with Gasteiger partial charge in [-0.1, -0.05) is 18.2 Å². The lowest BCUT2D eigenvalue weighted by Crippen LogP contribution is -2.49. The second-order valence-electron chi connectivity index (χ2n) is 5.34. The quantitative estimate of drug-likeness (QED) is 0.838. The van der Waals surface area contributed by atoms with Gasteiger partial charge in [0.1, 0.15) is 11.1 Å². The number of hydrogen-bond donors (Lipinski definition) is 1. The highest BCUT2D eigenvalue weighted by Gasteiger charge is 2.24. The second kappa shape index (κ2) is 6.29. The third kappa shape index (κ3) is 2.88. The third-order valence-electron chi connectivity index (χ3n) is 3.95. The summed E-state index contributed by atoms with van der Waals surface area (Å²) < 4.78 is 5.22. The molecule has 1 amide bonds. The van der Waals surface area contributed by atoms with E-state index in [9.17, 15) is 9.59 Å². The van der Waals surface area contributed by atoms with Crippen LogP contribution in [0, 0.1) is 0 Å². The van der Waals surface area contributed by atoms with Gasteiger partial charge < -0.3 is 14.4 Å². The van der Waals surface area contributed by atoms with Gasteiger partial charge in [-0.15, -0.1) is 0 Å². The summed E-state index contributed by atoms with van der Waals surface area (Å²) >= 11 is 0. The molecule has 1 aromatic carbocycles. The van der Waals surface area contributed by atoms with Crippen molar-refractivity contribution < 1.29 is 14.3 Å². The maximum atomic E-state index is 12.5. The first kappa shape index (κ1) is 14.7. The van der Waals surface area contributed by atoms with E-state index in [0.29, 0.717) is 38.3 Å². The second-order valence-corrected chi connectivity index (χ2v) is 5.34. The van der Waals surface area contributed by atoms with E-state index < -0.39 is 5.63 Å². The molecule has 2 heterocycles. The standard InChI is InChI=1S/C16H18N2O4/c19-10-9-17-5-7-18(8-6-17)15(20)13-11-12-3-1-2-4-14(12)22-16(13)21/h1-4,11,19H,5-10H2. The Labute approximate surface area is 127 Å². The number of para-hydroxylation sites is 1. The van der Waals surface area contributed by atoms with Crippen molar-refractivity contribution in [2.75, 3.05) is 39.3 Å². The van der Waals surface area contributed by atoms with Gasteiger partial charge in [-0.2, -0.15) is 0 Å². The molecular weight excluding hydrogens is 284 g/mol. The fraction of sp³-hybridized carbons (Fsp3) is 0.375. The summed E-state index contributed by atoms with van der Waals surface area (Å²) in [5.74, 6) is -0.289. The number of rotatable bonds is 3. The summed E-state index contributed by atoms with van der Waals surface area (Å²) in [6.07, 6.45) is 0. The van der Waals surface area contributed by atoms with Crippen molar-refractivity contribution in [3.8, 4) is 0 Å². The number of carbonyl (C=O) groups is 1. The van der Waals surface area contributed by atoms with E-state index in [1.165, 1.54) is 0 Å². The van der Waals surface area contributed by atoms with Crippen LogP contribution in [0.25, 0.3) is 11.0 Å². The van der Waals surface area contributed by atoms with Crippen LogP contribution < -0.4 is 5.63 Å². The first-order valence-corrected chi connectivity index (χ1v) is 7.34. The predicted octanol–water partition coefficient (Wildman–Crippen LogP) is 0.543. The number of carbonyl (C=O) groups excluding carboxylic acids is 1. The molecule has 0 atom stereocenters. The molecule has 0 bridgehead atoms. The first-order valence-electron chi connectivity index (χ1n) is 7.34. The Balaban J connectivity index is 1.81. The topological polar surface area (TPSA) is 74.0 Å². The average Bonchev–Trinajstić information content (AvgIpc) is 2.54. The van der Waals surface area contributed by atoms with E-state index in [1.807, 2.05) is 12.1 Å². The van der Waals surface area contributed by atoms with Crippen LogP contribution in [0.5, 0.6) is 0 Å². The van der Waals surface area contributed by atoms with Crippen LogP contribution in [0.1, 0.15) is 10.4 Å². The highest BCUT2D eigenvalue weighted by atomic mass is 16.4. The van der Waals surface area contributed by atoms with Crippen LogP contribution in [0.3, 0.4) is 0 Å². The Kier molecular flexibility index (Phi) is 4.22. The molecule has 0 radical (unpaired) electrons. The maximum Gasteiger partial charge on any atom is 0.349 e. The minimum atomic E-state index is -0.596. The molecule has 0 aliphatic carbocycles. The molecule has 1 aliphatic rings. The molecule has 0 spiro atoms. The molecule has 0 saturated carbocycles. The number of nitrogens with zero attached hydrogens (tertiary/aromatic N) is 2. The molecule has 2 aromatic rings. The molecule has 1 N–H and O–H groups in total. The van der Waals surface area contributed by atoms with Crippen molar-refractivity contribution in [1.82, 2.24) is 9.80 Å². The highest BCUT2D eigenvalue weighted by Crippen LogP contribution is 2.14. The lowest BCUT2D eigenvalue weighted by atomic mass is 10.1. The third-order valence-corrected chi connectivity index (χ3v) is 3.95. The van der Waals surface area contributed by atoms with E-state index >= 15 is 0 Å². The van der Waals surface area contributed by atoms with Crippen LogP contribution >= 0.6 is 0 Å². The molecule has 22 heavy (non-hydrogen) atoms. The zero-order chi connectivity index (χ0) is 15.5. The van der Waals surface area contributed by atoms with Gasteiger partial charge in [-0.25, -0.2) is 4.79 Å². The zero-order valence-electron chi connectivity index (χ0n) is 12.2. The number of aliphatic hydroxyl groups is 1. The largest absolute Gasteiger partial charge is 0.422 e. The number of hydrogen-bond acceptors (Lipinski definition) is 5. The normalized spacial score (nSPS) is 16.1. The SMILES string of the molecule is O=C(c1cc2ccccc2oc1=O)N1CCN(CCO)CC1. The van der Waals surface area contributed by atoms with E-state index in [1.54, 1.807) is 23.1 Å². The smallest absolute Gasteiger partial charge is 0.349 e. The van der Waals surface area contributed by atoms with Crippen LogP contribution in [0.4, 0.5) is 0 Å². The van der Waals surface area contributed by atoms with Gasteiger partial charge in [0.15, 0.2) is 0 Å². The average molecular weight is 302 g/mol.